The van der Waals surface area contributed by atoms with Gasteiger partial charge in [-0.2, -0.15) is 5.21 Å². The van der Waals surface area contributed by atoms with Gasteiger partial charge in [-0.05, 0) is 75.9 Å². The molecule has 36 heavy (non-hydrogen) atoms. The fourth-order valence-corrected chi connectivity index (χ4v) is 4.80. The van der Waals surface area contributed by atoms with Crippen molar-refractivity contribution in [3.63, 3.8) is 0 Å². The molecule has 7 nitrogen and oxygen atoms in total. The summed E-state index contributed by atoms with van der Waals surface area (Å²) in [4.78, 5) is 4.92. The number of sulfone groups is 1. The number of tetrazole rings is 1. The Labute approximate surface area is 209 Å². The average molecular weight is 496 g/mol. The number of hydrogen-bond acceptors (Lipinski definition) is 6. The summed E-state index contributed by atoms with van der Waals surface area (Å²) in [6.07, 6.45) is 4.99. The molecule has 8 heteroatoms. The van der Waals surface area contributed by atoms with E-state index in [1.807, 2.05) is 30.5 Å². The number of nitrogens with zero attached hydrogens (tertiary/aromatic N) is 4. The van der Waals surface area contributed by atoms with Crippen molar-refractivity contribution in [2.24, 2.45) is 0 Å². The van der Waals surface area contributed by atoms with Gasteiger partial charge in [0.2, 0.25) is 5.82 Å². The van der Waals surface area contributed by atoms with Crippen molar-refractivity contribution >= 4 is 32.4 Å². The number of rotatable bonds is 6. The molecule has 0 aliphatic carbocycles. The van der Waals surface area contributed by atoms with Crippen molar-refractivity contribution in [2.45, 2.75) is 24.7 Å². The fourth-order valence-electron chi connectivity index (χ4n) is 4.17. The van der Waals surface area contributed by atoms with E-state index >= 15 is 0 Å². The second kappa shape index (κ2) is 9.47. The van der Waals surface area contributed by atoms with Gasteiger partial charge in [0.25, 0.3) is 0 Å². The molecule has 5 rings (SSSR count). The predicted molar refractivity (Wildman–Crippen MR) is 142 cm³/mol. The highest BCUT2D eigenvalue weighted by molar-refractivity contribution is 7.90. The van der Waals surface area contributed by atoms with Gasteiger partial charge in [0.05, 0.1) is 10.4 Å². The number of benzene rings is 3. The van der Waals surface area contributed by atoms with E-state index in [0.29, 0.717) is 11.7 Å². The molecule has 0 aliphatic heterocycles. The third-order valence-electron chi connectivity index (χ3n) is 6.08. The van der Waals surface area contributed by atoms with Gasteiger partial charge in [-0.15, -0.1) is 10.2 Å². The molecule has 2 heterocycles. The summed E-state index contributed by atoms with van der Waals surface area (Å²) in [5.41, 5.74) is 6.78. The minimum absolute atomic E-state index is 0.255. The van der Waals surface area contributed by atoms with Crippen molar-refractivity contribution < 1.29 is 8.42 Å². The van der Waals surface area contributed by atoms with Crippen LogP contribution in [0.5, 0.6) is 0 Å². The molecule has 0 saturated heterocycles. The van der Waals surface area contributed by atoms with Gasteiger partial charge in [0, 0.05) is 29.0 Å². The van der Waals surface area contributed by atoms with Crippen molar-refractivity contribution in [3.05, 3.63) is 102 Å². The summed E-state index contributed by atoms with van der Waals surface area (Å²) in [7, 11) is -3.30. The number of nitrogens with one attached hydrogen (secondary N) is 1. The first-order valence-corrected chi connectivity index (χ1v) is 13.4. The summed E-state index contributed by atoms with van der Waals surface area (Å²) in [5.74, 6) is 0.803. The van der Waals surface area contributed by atoms with Crippen molar-refractivity contribution in [1.29, 1.82) is 0 Å². The van der Waals surface area contributed by atoms with Crippen LogP contribution in [-0.2, 0) is 9.84 Å². The Morgan fingerprint density at radius 3 is 2.47 bits per heavy atom. The number of aromatic amines is 1. The Bertz CT molecular complexity index is 1670. The second-order valence-corrected chi connectivity index (χ2v) is 11.0. The first-order chi connectivity index (χ1) is 17.3. The summed E-state index contributed by atoms with van der Waals surface area (Å²) in [5, 5.41) is 15.7. The predicted octanol–water partition coefficient (Wildman–Crippen LogP) is 5.53. The Kier molecular flexibility index (Phi) is 6.20. The Morgan fingerprint density at radius 1 is 0.972 bits per heavy atom. The SMILES string of the molecule is CC(C)c1cc(-c2cccc(C=C(c3ccc(S(C)(=O)=O)cc3)c3nn[nH]n3)c2)c2ncccc2c1. The smallest absolute Gasteiger partial charge is 0.205 e. The summed E-state index contributed by atoms with van der Waals surface area (Å²) >= 11 is 0. The maximum Gasteiger partial charge on any atom is 0.205 e. The van der Waals surface area contributed by atoms with E-state index < -0.39 is 9.84 Å². The Balaban J connectivity index is 1.63. The lowest BCUT2D eigenvalue weighted by Crippen LogP contribution is -1.98. The van der Waals surface area contributed by atoms with Crippen LogP contribution >= 0.6 is 0 Å². The van der Waals surface area contributed by atoms with Gasteiger partial charge in [0.1, 0.15) is 0 Å². The molecule has 0 unspecified atom stereocenters. The highest BCUT2D eigenvalue weighted by Gasteiger charge is 2.14. The van der Waals surface area contributed by atoms with Crippen LogP contribution in [0.25, 0.3) is 33.7 Å². The van der Waals surface area contributed by atoms with Crippen molar-refractivity contribution in [2.75, 3.05) is 6.26 Å². The van der Waals surface area contributed by atoms with Crippen LogP contribution in [0.2, 0.25) is 0 Å². The molecule has 180 valence electrons. The van der Waals surface area contributed by atoms with Gasteiger partial charge >= 0.3 is 0 Å². The quantitative estimate of drug-likeness (QED) is 0.311. The molecule has 0 fully saturated rings. The summed E-state index contributed by atoms with van der Waals surface area (Å²) in [6.45, 7) is 4.37. The average Bonchev–Trinajstić information content (AvgIpc) is 3.41. The number of H-pyrrole nitrogens is 1. The monoisotopic (exact) mass is 495 g/mol. The molecular weight excluding hydrogens is 470 g/mol. The summed E-state index contributed by atoms with van der Waals surface area (Å²) in [6, 6.07) is 23.4. The molecule has 0 bridgehead atoms. The molecule has 0 aliphatic rings. The lowest BCUT2D eigenvalue weighted by atomic mass is 9.93. The van der Waals surface area contributed by atoms with Crippen LogP contribution in [0.1, 0.15) is 42.3 Å². The summed E-state index contributed by atoms with van der Waals surface area (Å²) < 4.78 is 23.8. The largest absolute Gasteiger partial charge is 0.256 e. The molecule has 2 aromatic heterocycles. The van der Waals surface area contributed by atoms with Crippen LogP contribution in [0, 0.1) is 0 Å². The van der Waals surface area contributed by atoms with Crippen molar-refractivity contribution in [3.8, 4) is 11.1 Å². The standard InChI is InChI=1S/C28H25N5O2S/c1-18(2)23-16-22-8-5-13-29-27(22)25(17-23)21-7-4-6-19(14-21)15-26(28-30-32-33-31-28)20-9-11-24(12-10-20)36(3,34)35/h4-18H,1-3H3,(H,30,31,32,33). The van der Waals surface area contributed by atoms with E-state index in [1.165, 1.54) is 11.8 Å². The van der Waals surface area contributed by atoms with Gasteiger partial charge in [-0.1, -0.05) is 50.2 Å². The Hall–Kier alpha value is -4.17. The van der Waals surface area contributed by atoms with Crippen LogP contribution in [0.4, 0.5) is 0 Å². The molecular formula is C28H25N5O2S. The molecule has 0 saturated carbocycles. The molecule has 0 radical (unpaired) electrons. The van der Waals surface area contributed by atoms with Gasteiger partial charge < -0.3 is 0 Å². The van der Waals surface area contributed by atoms with Crippen LogP contribution in [-0.4, -0.2) is 40.3 Å². The number of pyridine rings is 1. The highest BCUT2D eigenvalue weighted by Crippen LogP contribution is 2.33. The number of hydrogen-bond donors (Lipinski definition) is 1. The van der Waals surface area contributed by atoms with Crippen LogP contribution in [0.3, 0.4) is 0 Å². The molecule has 0 atom stereocenters. The molecule has 0 spiro atoms. The Morgan fingerprint density at radius 2 is 1.78 bits per heavy atom. The second-order valence-electron chi connectivity index (χ2n) is 9.01. The van der Waals surface area contributed by atoms with Gasteiger partial charge in [-0.3, -0.25) is 4.98 Å². The zero-order chi connectivity index (χ0) is 25.3. The van der Waals surface area contributed by atoms with E-state index in [1.54, 1.807) is 24.3 Å². The topological polar surface area (TPSA) is 101 Å². The third-order valence-corrected chi connectivity index (χ3v) is 7.21. The maximum absolute atomic E-state index is 11.9. The van der Waals surface area contributed by atoms with Gasteiger partial charge in [0.15, 0.2) is 9.84 Å². The normalized spacial score (nSPS) is 12.4. The molecule has 0 amide bonds. The van der Waals surface area contributed by atoms with E-state index in [9.17, 15) is 8.42 Å². The minimum Gasteiger partial charge on any atom is -0.256 e. The van der Waals surface area contributed by atoms with E-state index in [-0.39, 0.29) is 4.90 Å². The molecule has 1 N–H and O–H groups in total. The first kappa shape index (κ1) is 23.6. The lowest BCUT2D eigenvalue weighted by molar-refractivity contribution is 0.602. The number of fused-ring (bicyclic) bond motifs is 1. The molecule has 5 aromatic rings. The highest BCUT2D eigenvalue weighted by atomic mass is 32.2. The maximum atomic E-state index is 11.9. The van der Waals surface area contributed by atoms with Gasteiger partial charge in [-0.25, -0.2) is 8.42 Å². The lowest BCUT2D eigenvalue weighted by Gasteiger charge is -2.13. The van der Waals surface area contributed by atoms with E-state index in [2.05, 4.69) is 69.8 Å². The molecule has 3 aromatic carbocycles. The first-order valence-electron chi connectivity index (χ1n) is 11.5. The van der Waals surface area contributed by atoms with Crippen molar-refractivity contribution in [1.82, 2.24) is 25.6 Å². The zero-order valence-electron chi connectivity index (χ0n) is 20.2. The third kappa shape index (κ3) is 4.81. The van der Waals surface area contributed by atoms with Crippen LogP contribution in [0.15, 0.2) is 83.9 Å². The number of aromatic nitrogens is 5. The fraction of sp³-hybridized carbons (Fsp3) is 0.143. The zero-order valence-corrected chi connectivity index (χ0v) is 21.0. The minimum atomic E-state index is -3.30. The van der Waals surface area contributed by atoms with Crippen LogP contribution < -0.4 is 0 Å². The van der Waals surface area contributed by atoms with E-state index in [0.717, 1.165) is 38.7 Å². The van der Waals surface area contributed by atoms with E-state index in [4.69, 9.17) is 0 Å².